The Bertz CT molecular complexity index is 64.3. The highest BCUT2D eigenvalue weighted by Crippen LogP contribution is 1.77. The second kappa shape index (κ2) is 6.20. The molecule has 0 saturated heterocycles. The molecule has 0 spiro atoms. The van der Waals surface area contributed by atoms with E-state index in [1.165, 1.54) is 7.11 Å². The fourth-order valence-corrected chi connectivity index (χ4v) is 0.177. The minimum Gasteiger partial charge on any atom is -0.438 e. The van der Waals surface area contributed by atoms with E-state index in [9.17, 15) is 4.79 Å². The summed E-state index contributed by atoms with van der Waals surface area (Å²) in [7, 11) is 1.28. The number of ether oxygens (including phenoxy) is 2. The van der Waals surface area contributed by atoms with Crippen molar-refractivity contribution in [3.63, 3.8) is 0 Å². The van der Waals surface area contributed by atoms with E-state index in [-0.39, 0.29) is 4.70 Å². The van der Waals surface area contributed by atoms with Crippen LogP contribution in [0.4, 0.5) is 9.50 Å². The Balaban J connectivity index is 0. The second-order valence-electron chi connectivity index (χ2n) is 0.887. The molecule has 8 heavy (non-hydrogen) atoms. The van der Waals surface area contributed by atoms with E-state index < -0.39 is 6.16 Å². The summed E-state index contributed by atoms with van der Waals surface area (Å²) >= 11 is 0. The number of hydrogen-bond acceptors (Lipinski definition) is 3. The fraction of sp³-hybridized carbons (Fsp3) is 0.750. The van der Waals surface area contributed by atoms with Crippen LogP contribution in [-0.4, -0.2) is 19.9 Å². The molecule has 0 fully saturated rings. The van der Waals surface area contributed by atoms with Crippen LogP contribution < -0.4 is 0 Å². The molecule has 0 rings (SSSR count). The first-order valence-electron chi connectivity index (χ1n) is 2.02. The smallest absolute Gasteiger partial charge is 0.438 e. The van der Waals surface area contributed by atoms with Crippen LogP contribution in [-0.2, 0) is 9.47 Å². The minimum atomic E-state index is -0.623. The van der Waals surface area contributed by atoms with Crippen molar-refractivity contribution in [1.82, 2.24) is 0 Å². The first-order chi connectivity index (χ1) is 3.31. The van der Waals surface area contributed by atoms with E-state index in [4.69, 9.17) is 0 Å². The molecule has 0 aromatic carbocycles. The van der Waals surface area contributed by atoms with Gasteiger partial charge in [0.05, 0.1) is 13.7 Å². The van der Waals surface area contributed by atoms with Crippen LogP contribution >= 0.6 is 0 Å². The summed E-state index contributed by atoms with van der Waals surface area (Å²) in [4.78, 5) is 9.97. The molecule has 0 N–H and O–H groups in total. The second-order valence-corrected chi connectivity index (χ2v) is 0.887. The maximum atomic E-state index is 9.97. The zero-order valence-electron chi connectivity index (χ0n) is 4.84. The number of halogens is 1. The van der Waals surface area contributed by atoms with Crippen LogP contribution in [0.2, 0.25) is 0 Å². The molecule has 0 bridgehead atoms. The molecule has 0 aliphatic carbocycles. The van der Waals surface area contributed by atoms with Gasteiger partial charge in [-0.1, -0.05) is 0 Å². The molecule has 0 amide bonds. The van der Waals surface area contributed by atoms with Crippen LogP contribution in [0.1, 0.15) is 6.92 Å². The quantitative estimate of drug-likeness (QED) is 0.488. The number of methoxy groups -OCH3 is 1. The van der Waals surface area contributed by atoms with Gasteiger partial charge in [0.1, 0.15) is 0 Å². The van der Waals surface area contributed by atoms with Crippen molar-refractivity contribution in [2.24, 2.45) is 0 Å². The van der Waals surface area contributed by atoms with Crippen LogP contribution in [0.15, 0.2) is 0 Å². The SMILES string of the molecule is CCOC(=O)OC.F. The lowest BCUT2D eigenvalue weighted by atomic mass is 10.9. The molecule has 0 aromatic heterocycles. The Morgan fingerprint density at radius 2 is 2.12 bits per heavy atom. The van der Waals surface area contributed by atoms with Crippen LogP contribution in [0, 0.1) is 0 Å². The Morgan fingerprint density at radius 3 is 2.25 bits per heavy atom. The normalized spacial score (nSPS) is 6.75. The monoisotopic (exact) mass is 124 g/mol. The molecule has 3 nitrogen and oxygen atoms in total. The number of rotatable bonds is 1. The van der Waals surface area contributed by atoms with E-state index in [0.717, 1.165) is 0 Å². The largest absolute Gasteiger partial charge is 0.507 e. The topological polar surface area (TPSA) is 35.5 Å². The average molecular weight is 124 g/mol. The Kier molecular flexibility index (Phi) is 7.93. The molecule has 0 atom stereocenters. The lowest BCUT2D eigenvalue weighted by Crippen LogP contribution is -2.02. The van der Waals surface area contributed by atoms with Crippen molar-refractivity contribution in [1.29, 1.82) is 0 Å². The highest BCUT2D eigenvalue weighted by Gasteiger charge is 1.92. The minimum absolute atomic E-state index is 0. The molecule has 50 valence electrons. The summed E-state index contributed by atoms with van der Waals surface area (Å²) in [5.41, 5.74) is 0. The number of carbonyl (C=O) groups excluding carboxylic acids is 1. The van der Waals surface area contributed by atoms with Gasteiger partial charge in [-0.15, -0.1) is 0 Å². The summed E-state index contributed by atoms with van der Waals surface area (Å²) in [6.45, 7) is 2.09. The Hall–Kier alpha value is -0.800. The molecular weight excluding hydrogens is 115 g/mol. The third-order valence-corrected chi connectivity index (χ3v) is 0.429. The summed E-state index contributed by atoms with van der Waals surface area (Å²) in [5, 5.41) is 0. The molecule has 0 saturated carbocycles. The molecule has 4 heteroatoms. The lowest BCUT2D eigenvalue weighted by Gasteiger charge is -1.94. The predicted molar refractivity (Wildman–Crippen MR) is 26.5 cm³/mol. The fourth-order valence-electron chi connectivity index (χ4n) is 0.177. The van der Waals surface area contributed by atoms with Gasteiger partial charge in [-0.3, -0.25) is 4.70 Å². The summed E-state index contributed by atoms with van der Waals surface area (Å²) < 4.78 is 8.46. The Labute approximate surface area is 47.0 Å². The van der Waals surface area contributed by atoms with Crippen molar-refractivity contribution < 1.29 is 19.0 Å². The van der Waals surface area contributed by atoms with Crippen molar-refractivity contribution in [3.05, 3.63) is 0 Å². The van der Waals surface area contributed by atoms with E-state index in [2.05, 4.69) is 9.47 Å². The summed E-state index contributed by atoms with van der Waals surface area (Å²) in [6, 6.07) is 0. The van der Waals surface area contributed by atoms with Gasteiger partial charge in [0.25, 0.3) is 0 Å². The molecule has 0 radical (unpaired) electrons. The van der Waals surface area contributed by atoms with Gasteiger partial charge in [-0.2, -0.15) is 0 Å². The van der Waals surface area contributed by atoms with E-state index in [0.29, 0.717) is 6.61 Å². The number of carbonyl (C=O) groups is 1. The van der Waals surface area contributed by atoms with Gasteiger partial charge < -0.3 is 9.47 Å². The first-order valence-corrected chi connectivity index (χ1v) is 2.02. The first kappa shape index (κ1) is 10.2. The van der Waals surface area contributed by atoms with Crippen molar-refractivity contribution in [2.75, 3.05) is 13.7 Å². The maximum absolute atomic E-state index is 9.97. The lowest BCUT2D eigenvalue weighted by molar-refractivity contribution is 0.0771. The van der Waals surface area contributed by atoms with E-state index in [1.54, 1.807) is 6.92 Å². The summed E-state index contributed by atoms with van der Waals surface area (Å²) in [5.74, 6) is 0. The third-order valence-electron chi connectivity index (χ3n) is 0.429. The van der Waals surface area contributed by atoms with E-state index >= 15 is 0 Å². The molecule has 0 aromatic rings. The van der Waals surface area contributed by atoms with Crippen LogP contribution in [0.25, 0.3) is 0 Å². The van der Waals surface area contributed by atoms with Gasteiger partial charge >= 0.3 is 6.16 Å². The predicted octanol–water partition coefficient (Wildman–Crippen LogP) is 0.942. The highest BCUT2D eigenvalue weighted by molar-refractivity contribution is 5.59. The van der Waals surface area contributed by atoms with Gasteiger partial charge in [0.2, 0.25) is 0 Å². The molecule has 0 heterocycles. The zero-order chi connectivity index (χ0) is 5.70. The third kappa shape index (κ3) is 5.20. The Morgan fingerprint density at radius 1 is 1.62 bits per heavy atom. The van der Waals surface area contributed by atoms with Gasteiger partial charge in [-0.05, 0) is 6.92 Å². The molecule has 0 aliphatic rings. The zero-order valence-corrected chi connectivity index (χ0v) is 4.84. The van der Waals surface area contributed by atoms with Crippen molar-refractivity contribution in [3.8, 4) is 0 Å². The van der Waals surface area contributed by atoms with Crippen LogP contribution in [0.5, 0.6) is 0 Å². The van der Waals surface area contributed by atoms with Crippen molar-refractivity contribution in [2.45, 2.75) is 6.92 Å². The van der Waals surface area contributed by atoms with Crippen LogP contribution in [0.3, 0.4) is 0 Å². The molecular formula is C4H9FO3. The molecule has 0 aliphatic heterocycles. The van der Waals surface area contributed by atoms with Crippen molar-refractivity contribution >= 4 is 6.16 Å². The van der Waals surface area contributed by atoms with Gasteiger partial charge in [-0.25, -0.2) is 4.79 Å². The average Bonchev–Trinajstić information content (AvgIpc) is 1.68. The van der Waals surface area contributed by atoms with Gasteiger partial charge in [0.15, 0.2) is 0 Å². The number of hydrogen-bond donors (Lipinski definition) is 0. The maximum Gasteiger partial charge on any atom is 0.507 e. The highest BCUT2D eigenvalue weighted by atomic mass is 19.0. The van der Waals surface area contributed by atoms with Gasteiger partial charge in [0, 0.05) is 0 Å². The molecule has 0 unspecified atom stereocenters. The standard InChI is InChI=1S/C4H8O3.FH/c1-3-7-4(5)6-2;/h3H2,1-2H3;1H. The summed E-state index contributed by atoms with van der Waals surface area (Å²) in [6.07, 6.45) is -0.623. The van der Waals surface area contributed by atoms with E-state index in [1.807, 2.05) is 0 Å².